The van der Waals surface area contributed by atoms with E-state index in [1.54, 1.807) is 0 Å². The molecule has 0 saturated heterocycles. The lowest BCUT2D eigenvalue weighted by atomic mass is 9.82. The molecule has 1 aromatic heterocycles. The molecule has 0 unspecified atom stereocenters. The Kier molecular flexibility index (Phi) is 5.57. The van der Waals surface area contributed by atoms with Gasteiger partial charge < -0.3 is 14.9 Å². The fraction of sp³-hybridized carbons (Fsp3) is 0.360. The van der Waals surface area contributed by atoms with Crippen molar-refractivity contribution in [3.63, 3.8) is 0 Å². The summed E-state index contributed by atoms with van der Waals surface area (Å²) in [6, 6.07) is 13.7. The van der Waals surface area contributed by atoms with E-state index >= 15 is 0 Å². The highest BCUT2D eigenvalue weighted by atomic mass is 79.9. The minimum atomic E-state index is 0.0867. The molecule has 2 heterocycles. The average molecular weight is 480 g/mol. The van der Waals surface area contributed by atoms with E-state index < -0.39 is 0 Å². The zero-order valence-electron chi connectivity index (χ0n) is 17.6. The molecule has 2 aliphatic rings. The van der Waals surface area contributed by atoms with Crippen molar-refractivity contribution in [2.24, 2.45) is 22.0 Å². The molecule has 1 fully saturated rings. The predicted octanol–water partition coefficient (Wildman–Crippen LogP) is 6.71. The Morgan fingerprint density at radius 2 is 1.97 bits per heavy atom. The lowest BCUT2D eigenvalue weighted by Gasteiger charge is -2.25. The van der Waals surface area contributed by atoms with Gasteiger partial charge in [-0.2, -0.15) is 0 Å². The van der Waals surface area contributed by atoms with Gasteiger partial charge in [-0.3, -0.25) is 0 Å². The van der Waals surface area contributed by atoms with Crippen LogP contribution in [0.1, 0.15) is 50.2 Å². The Morgan fingerprint density at radius 1 is 1.16 bits per heavy atom. The number of aromatic amines is 1. The number of fused-ring (bicyclic) bond motifs is 2. The van der Waals surface area contributed by atoms with E-state index in [1.807, 2.05) is 42.5 Å². The zero-order chi connectivity index (χ0) is 21.4. The molecule has 2 aromatic carbocycles. The monoisotopic (exact) mass is 479 g/mol. The number of rotatable bonds is 5. The van der Waals surface area contributed by atoms with Crippen molar-refractivity contribution < 1.29 is 9.94 Å². The molecule has 1 aliphatic carbocycles. The van der Waals surface area contributed by atoms with E-state index in [-0.39, 0.29) is 5.88 Å². The number of nitrogens with one attached hydrogen (secondary N) is 1. The second-order valence-electron chi connectivity index (χ2n) is 8.70. The van der Waals surface area contributed by atoms with Gasteiger partial charge in [0, 0.05) is 20.9 Å². The van der Waals surface area contributed by atoms with Crippen molar-refractivity contribution >= 4 is 43.9 Å². The second-order valence-corrected chi connectivity index (χ2v) is 9.62. The highest BCUT2D eigenvalue weighted by Gasteiger charge is 2.29. The number of aliphatic imine (C=N–C) groups is 1. The van der Waals surface area contributed by atoms with Crippen LogP contribution in [0.3, 0.4) is 0 Å². The first-order chi connectivity index (χ1) is 15.1. The molecule has 0 spiro atoms. The summed E-state index contributed by atoms with van der Waals surface area (Å²) in [6.07, 6.45) is 6.24. The Hall–Kier alpha value is -2.60. The van der Waals surface area contributed by atoms with Gasteiger partial charge in [0.25, 0.3) is 0 Å². The normalized spacial score (nSPS) is 22.0. The molecule has 5 rings (SSSR count). The van der Waals surface area contributed by atoms with Gasteiger partial charge in [0.05, 0.1) is 11.3 Å². The number of aromatic nitrogens is 1. The summed E-state index contributed by atoms with van der Waals surface area (Å²) in [7, 11) is 0. The quantitative estimate of drug-likeness (QED) is 0.315. The van der Waals surface area contributed by atoms with E-state index in [1.165, 1.54) is 25.7 Å². The Balaban J connectivity index is 1.43. The number of para-hydroxylation sites is 1. The van der Waals surface area contributed by atoms with E-state index in [2.05, 4.69) is 33.0 Å². The molecule has 3 aromatic rings. The van der Waals surface area contributed by atoms with Gasteiger partial charge in [-0.05, 0) is 42.5 Å². The van der Waals surface area contributed by atoms with Gasteiger partial charge in [-0.15, -0.1) is 0 Å². The highest BCUT2D eigenvalue weighted by Crippen LogP contribution is 2.36. The SMILES string of the molecule is CC1CCC(CCO/N=C2/C(c3c(O)[nH]c4ccc(Br)cc34)=Nc3ccccc32)CC1. The molecule has 0 bridgehead atoms. The number of hydrogen-bond acceptors (Lipinski definition) is 4. The van der Waals surface area contributed by atoms with Crippen LogP contribution in [-0.4, -0.2) is 28.1 Å². The summed E-state index contributed by atoms with van der Waals surface area (Å²) in [5, 5.41) is 16.1. The second kappa shape index (κ2) is 8.50. The standard InChI is InChI=1S/C25H26BrN3O2/c1-15-6-8-16(9-7-15)12-13-31-29-23-18-4-2-3-5-20(18)27-24(23)22-19-14-17(26)10-11-21(19)28-25(22)30/h2-5,10-11,14-16,28,30H,6-9,12-13H2,1H3/b29-23+. The Morgan fingerprint density at radius 3 is 2.81 bits per heavy atom. The first-order valence-electron chi connectivity index (χ1n) is 11.0. The van der Waals surface area contributed by atoms with Crippen LogP contribution in [0.5, 0.6) is 5.88 Å². The molecule has 1 saturated carbocycles. The van der Waals surface area contributed by atoms with Crippen molar-refractivity contribution in [1.29, 1.82) is 0 Å². The molecule has 5 nitrogen and oxygen atoms in total. The number of hydrogen-bond donors (Lipinski definition) is 2. The van der Waals surface area contributed by atoms with Crippen LogP contribution in [0, 0.1) is 11.8 Å². The van der Waals surface area contributed by atoms with Gasteiger partial charge in [0.2, 0.25) is 0 Å². The van der Waals surface area contributed by atoms with Crippen molar-refractivity contribution in [3.05, 3.63) is 58.1 Å². The van der Waals surface area contributed by atoms with Crippen LogP contribution < -0.4 is 0 Å². The van der Waals surface area contributed by atoms with Crippen LogP contribution in [0.25, 0.3) is 10.9 Å². The fourth-order valence-electron chi connectivity index (χ4n) is 4.68. The molecule has 2 N–H and O–H groups in total. The maximum absolute atomic E-state index is 10.7. The number of oxime groups is 1. The number of H-pyrrole nitrogens is 1. The van der Waals surface area contributed by atoms with Crippen LogP contribution in [0.4, 0.5) is 5.69 Å². The van der Waals surface area contributed by atoms with Crippen molar-refractivity contribution in [1.82, 2.24) is 4.98 Å². The van der Waals surface area contributed by atoms with Gasteiger partial charge in [-0.25, -0.2) is 4.99 Å². The maximum Gasteiger partial charge on any atom is 0.199 e. The van der Waals surface area contributed by atoms with Gasteiger partial charge in [-0.1, -0.05) is 71.9 Å². The topological polar surface area (TPSA) is 70.0 Å². The van der Waals surface area contributed by atoms with Crippen molar-refractivity contribution in [2.45, 2.75) is 39.0 Å². The number of nitrogens with zero attached hydrogens (tertiary/aromatic N) is 2. The lowest BCUT2D eigenvalue weighted by Crippen LogP contribution is -2.15. The average Bonchev–Trinajstić information content (AvgIpc) is 3.28. The van der Waals surface area contributed by atoms with Gasteiger partial charge in [0.15, 0.2) is 5.88 Å². The third-order valence-electron chi connectivity index (χ3n) is 6.50. The fourth-order valence-corrected chi connectivity index (χ4v) is 5.04. The minimum absolute atomic E-state index is 0.0867. The minimum Gasteiger partial charge on any atom is -0.494 e. The van der Waals surface area contributed by atoms with E-state index in [0.29, 0.717) is 23.6 Å². The molecule has 160 valence electrons. The van der Waals surface area contributed by atoms with Crippen molar-refractivity contribution in [2.75, 3.05) is 6.61 Å². The number of halogens is 1. The number of benzene rings is 2. The molecule has 0 amide bonds. The third kappa shape index (κ3) is 4.01. The largest absolute Gasteiger partial charge is 0.494 e. The maximum atomic E-state index is 10.7. The summed E-state index contributed by atoms with van der Waals surface area (Å²) in [4.78, 5) is 13.7. The van der Waals surface area contributed by atoms with Crippen LogP contribution >= 0.6 is 15.9 Å². The molecule has 0 radical (unpaired) electrons. The Bertz CT molecular complexity index is 1170. The Labute approximate surface area is 190 Å². The first kappa shape index (κ1) is 20.3. The van der Waals surface area contributed by atoms with E-state index in [9.17, 15) is 5.11 Å². The third-order valence-corrected chi connectivity index (χ3v) is 7.00. The smallest absolute Gasteiger partial charge is 0.199 e. The van der Waals surface area contributed by atoms with Gasteiger partial charge >= 0.3 is 0 Å². The highest BCUT2D eigenvalue weighted by molar-refractivity contribution is 9.10. The summed E-state index contributed by atoms with van der Waals surface area (Å²) in [5.41, 5.74) is 4.56. The summed E-state index contributed by atoms with van der Waals surface area (Å²) >= 11 is 3.53. The lowest BCUT2D eigenvalue weighted by molar-refractivity contribution is 0.118. The molecular weight excluding hydrogens is 454 g/mol. The summed E-state index contributed by atoms with van der Waals surface area (Å²) in [5.74, 6) is 1.68. The summed E-state index contributed by atoms with van der Waals surface area (Å²) in [6.45, 7) is 2.94. The molecule has 1 aliphatic heterocycles. The van der Waals surface area contributed by atoms with E-state index in [0.717, 1.165) is 44.9 Å². The van der Waals surface area contributed by atoms with E-state index in [4.69, 9.17) is 9.83 Å². The van der Waals surface area contributed by atoms with Crippen LogP contribution in [0.15, 0.2) is 57.1 Å². The molecule has 31 heavy (non-hydrogen) atoms. The zero-order valence-corrected chi connectivity index (χ0v) is 19.2. The van der Waals surface area contributed by atoms with Gasteiger partial charge in [0.1, 0.15) is 18.0 Å². The van der Waals surface area contributed by atoms with Crippen molar-refractivity contribution in [3.8, 4) is 5.88 Å². The summed E-state index contributed by atoms with van der Waals surface area (Å²) < 4.78 is 0.938. The number of aromatic hydroxyl groups is 1. The molecular formula is C25H26BrN3O2. The van der Waals surface area contributed by atoms with Crippen LogP contribution in [-0.2, 0) is 4.84 Å². The molecule has 0 atom stereocenters. The van der Waals surface area contributed by atoms with Crippen LogP contribution in [0.2, 0.25) is 0 Å². The molecule has 6 heteroatoms. The predicted molar refractivity (Wildman–Crippen MR) is 129 cm³/mol. The first-order valence-corrected chi connectivity index (χ1v) is 11.8.